The van der Waals surface area contributed by atoms with E-state index in [1.54, 1.807) is 0 Å². The second-order valence-electron chi connectivity index (χ2n) is 12.5. The van der Waals surface area contributed by atoms with E-state index in [9.17, 15) is 14.0 Å². The number of amides is 2. The van der Waals surface area contributed by atoms with E-state index in [-0.39, 0.29) is 40.4 Å². The maximum absolute atomic E-state index is 13.9. The Balaban J connectivity index is 1.50. The molecule has 2 unspecified atom stereocenters. The molecule has 4 rings (SSSR count). The molecule has 1 aromatic rings. The van der Waals surface area contributed by atoms with E-state index in [2.05, 4.69) is 37.9 Å². The number of carbonyl (C=O) groups is 2. The first-order chi connectivity index (χ1) is 17.1. The highest BCUT2D eigenvalue weighted by Gasteiger charge is 2.49. The van der Waals surface area contributed by atoms with Gasteiger partial charge in [-0.1, -0.05) is 38.3 Å². The molecule has 3 fully saturated rings. The summed E-state index contributed by atoms with van der Waals surface area (Å²) in [5.74, 6) is 0.548. The molecule has 1 aromatic carbocycles. The van der Waals surface area contributed by atoms with Gasteiger partial charge in [0, 0.05) is 37.0 Å². The Morgan fingerprint density at radius 1 is 1.00 bits per heavy atom. The first kappa shape index (κ1) is 27.1. The highest BCUT2D eigenvalue weighted by Crippen LogP contribution is 2.47. The fourth-order valence-electron chi connectivity index (χ4n) is 6.95. The summed E-state index contributed by atoms with van der Waals surface area (Å²) in [7, 11) is 0. The van der Waals surface area contributed by atoms with Crippen LogP contribution in [0.4, 0.5) is 4.39 Å². The van der Waals surface area contributed by atoms with Crippen LogP contribution in [0.2, 0.25) is 0 Å². The maximum Gasteiger partial charge on any atom is 0.227 e. The highest BCUT2D eigenvalue weighted by molar-refractivity contribution is 5.85. The number of hydrogen-bond donors (Lipinski definition) is 1. The molecule has 6 heteroatoms. The largest absolute Gasteiger partial charge is 0.351 e. The summed E-state index contributed by atoms with van der Waals surface area (Å²) >= 11 is 0. The molecule has 0 aromatic heterocycles. The number of piperidine rings is 2. The van der Waals surface area contributed by atoms with Gasteiger partial charge in [-0.05, 0) is 89.6 Å². The Morgan fingerprint density at radius 3 is 2.22 bits per heavy atom. The van der Waals surface area contributed by atoms with Crippen LogP contribution in [0, 0.1) is 23.1 Å². The van der Waals surface area contributed by atoms with E-state index >= 15 is 0 Å². The zero-order valence-electron chi connectivity index (χ0n) is 22.8. The van der Waals surface area contributed by atoms with Crippen molar-refractivity contribution in [2.75, 3.05) is 32.7 Å². The van der Waals surface area contributed by atoms with Crippen molar-refractivity contribution >= 4 is 11.8 Å². The minimum absolute atomic E-state index is 0.0704. The molecule has 200 valence electrons. The van der Waals surface area contributed by atoms with Crippen molar-refractivity contribution < 1.29 is 14.0 Å². The molecule has 2 heterocycles. The van der Waals surface area contributed by atoms with Gasteiger partial charge in [0.2, 0.25) is 11.8 Å². The summed E-state index contributed by atoms with van der Waals surface area (Å²) in [6, 6.07) is 6.71. The number of hydrogen-bond acceptors (Lipinski definition) is 3. The first-order valence-corrected chi connectivity index (χ1v) is 14.2. The summed E-state index contributed by atoms with van der Waals surface area (Å²) in [4.78, 5) is 32.0. The number of nitrogens with one attached hydrogen (secondary N) is 1. The van der Waals surface area contributed by atoms with E-state index in [1.165, 1.54) is 31.4 Å². The molecule has 1 aliphatic carbocycles. The zero-order chi connectivity index (χ0) is 25.9. The Hall–Kier alpha value is -1.95. The molecule has 1 N–H and O–H groups in total. The number of halogens is 1. The molecule has 2 amide bonds. The number of likely N-dealkylation sites (tertiary alicyclic amines) is 2. The highest BCUT2D eigenvalue weighted by atomic mass is 19.1. The Bertz CT molecular complexity index is 896. The zero-order valence-corrected chi connectivity index (χ0v) is 22.8. The van der Waals surface area contributed by atoms with Gasteiger partial charge in [0.05, 0.1) is 5.41 Å². The summed E-state index contributed by atoms with van der Waals surface area (Å²) < 4.78 is 13.6. The van der Waals surface area contributed by atoms with Gasteiger partial charge in [0.25, 0.3) is 0 Å². The number of rotatable bonds is 5. The summed E-state index contributed by atoms with van der Waals surface area (Å²) in [5, 5.41) is 3.30. The molecule has 5 nitrogen and oxygen atoms in total. The third kappa shape index (κ3) is 5.95. The van der Waals surface area contributed by atoms with Crippen molar-refractivity contribution in [3.05, 3.63) is 35.6 Å². The van der Waals surface area contributed by atoms with Crippen LogP contribution >= 0.6 is 0 Å². The van der Waals surface area contributed by atoms with Crippen LogP contribution < -0.4 is 5.32 Å². The predicted octanol–water partition coefficient (Wildman–Crippen LogP) is 5.35. The molecule has 0 spiro atoms. The smallest absolute Gasteiger partial charge is 0.227 e. The number of nitrogens with zero attached hydrogens (tertiary/aromatic N) is 2. The molecule has 1 saturated carbocycles. The molecule has 2 saturated heterocycles. The Labute approximate surface area is 217 Å². The van der Waals surface area contributed by atoms with Gasteiger partial charge < -0.3 is 15.1 Å². The molecule has 2 aliphatic heterocycles. The minimum Gasteiger partial charge on any atom is -0.351 e. The minimum atomic E-state index is -0.369. The number of carbonyl (C=O) groups excluding carboxylic acids is 2. The van der Waals surface area contributed by atoms with Crippen molar-refractivity contribution in [3.63, 3.8) is 0 Å². The van der Waals surface area contributed by atoms with Crippen LogP contribution in [0.5, 0.6) is 0 Å². The molecule has 3 aliphatic rings. The first-order valence-electron chi connectivity index (χ1n) is 14.2. The lowest BCUT2D eigenvalue weighted by atomic mass is 9.63. The van der Waals surface area contributed by atoms with Crippen LogP contribution in [0.1, 0.15) is 90.5 Å². The van der Waals surface area contributed by atoms with Crippen LogP contribution in [0.15, 0.2) is 24.3 Å². The number of benzene rings is 1. The van der Waals surface area contributed by atoms with E-state index in [4.69, 9.17) is 0 Å². The average molecular weight is 500 g/mol. The van der Waals surface area contributed by atoms with E-state index in [1.807, 2.05) is 17.0 Å². The lowest BCUT2D eigenvalue weighted by molar-refractivity contribution is -0.149. The monoisotopic (exact) mass is 499 g/mol. The second-order valence-corrected chi connectivity index (χ2v) is 12.5. The summed E-state index contributed by atoms with van der Waals surface area (Å²) in [5.41, 5.74) is 0.416. The average Bonchev–Trinajstić information content (AvgIpc) is 2.88. The van der Waals surface area contributed by atoms with Gasteiger partial charge in [-0.25, -0.2) is 4.39 Å². The summed E-state index contributed by atoms with van der Waals surface area (Å²) in [6.07, 6.45) is 8.23. The second kappa shape index (κ2) is 11.2. The SMILES string of the molecule is CCN1CCC(C(=O)N2CCC(C(=O)NC(C)(C)C)(C3CCCCC3)CC2)C(c2ccc(F)cc2)C1. The lowest BCUT2D eigenvalue weighted by Gasteiger charge is -2.48. The van der Waals surface area contributed by atoms with E-state index in [0.717, 1.165) is 57.3 Å². The van der Waals surface area contributed by atoms with Crippen molar-refractivity contribution in [1.82, 2.24) is 15.1 Å². The lowest BCUT2D eigenvalue weighted by Crippen LogP contribution is -2.58. The molecular formula is C30H46FN3O2. The molecule has 0 radical (unpaired) electrons. The number of likely N-dealkylation sites (N-methyl/N-ethyl adjacent to an activating group) is 1. The third-order valence-corrected chi connectivity index (χ3v) is 9.05. The molecule has 36 heavy (non-hydrogen) atoms. The van der Waals surface area contributed by atoms with E-state index < -0.39 is 0 Å². The summed E-state index contributed by atoms with van der Waals surface area (Å²) in [6.45, 7) is 12.3. The standard InChI is InChI=1S/C30H46FN3O2/c1-5-33-18-15-25(26(21-33)22-11-13-24(31)14-12-22)27(35)34-19-16-30(17-20-34,23-9-7-6-8-10-23)28(36)32-29(2,3)4/h11-14,23,25-26H,5-10,15-21H2,1-4H3,(H,32,36). The normalized spacial score (nSPS) is 26.0. The predicted molar refractivity (Wildman–Crippen MR) is 142 cm³/mol. The molecule has 2 atom stereocenters. The van der Waals surface area contributed by atoms with Gasteiger partial charge in [-0.3, -0.25) is 9.59 Å². The third-order valence-electron chi connectivity index (χ3n) is 9.05. The quantitative estimate of drug-likeness (QED) is 0.594. The van der Waals surface area contributed by atoms with Crippen molar-refractivity contribution in [2.24, 2.45) is 17.3 Å². The van der Waals surface area contributed by atoms with Crippen LogP contribution in [0.25, 0.3) is 0 Å². The Morgan fingerprint density at radius 2 is 1.64 bits per heavy atom. The van der Waals surface area contributed by atoms with Crippen LogP contribution in [-0.4, -0.2) is 59.9 Å². The van der Waals surface area contributed by atoms with Gasteiger partial charge in [0.15, 0.2) is 0 Å². The van der Waals surface area contributed by atoms with Gasteiger partial charge in [0.1, 0.15) is 5.82 Å². The van der Waals surface area contributed by atoms with Crippen molar-refractivity contribution in [2.45, 2.75) is 90.5 Å². The fourth-order valence-corrected chi connectivity index (χ4v) is 6.95. The van der Waals surface area contributed by atoms with Crippen LogP contribution in [-0.2, 0) is 9.59 Å². The molecule has 0 bridgehead atoms. The fraction of sp³-hybridized carbons (Fsp3) is 0.733. The van der Waals surface area contributed by atoms with Crippen molar-refractivity contribution in [1.29, 1.82) is 0 Å². The maximum atomic E-state index is 13.9. The Kier molecular flexibility index (Phi) is 8.43. The topological polar surface area (TPSA) is 52.7 Å². The van der Waals surface area contributed by atoms with Crippen molar-refractivity contribution in [3.8, 4) is 0 Å². The van der Waals surface area contributed by atoms with Gasteiger partial charge in [-0.15, -0.1) is 0 Å². The van der Waals surface area contributed by atoms with Gasteiger partial charge in [-0.2, -0.15) is 0 Å². The van der Waals surface area contributed by atoms with E-state index in [0.29, 0.717) is 19.0 Å². The molecular weight excluding hydrogens is 453 g/mol. The van der Waals surface area contributed by atoms with Gasteiger partial charge >= 0.3 is 0 Å². The van der Waals surface area contributed by atoms with Crippen LogP contribution in [0.3, 0.4) is 0 Å².